The van der Waals surface area contributed by atoms with Crippen LogP contribution in [0, 0.1) is 11.3 Å². The number of esters is 1. The largest absolute Gasteiger partial charge is 0.461 e. The number of allylic oxidation sites excluding steroid dienone is 1. The zero-order valence-electron chi connectivity index (χ0n) is 8.97. The van der Waals surface area contributed by atoms with E-state index in [1.165, 1.54) is 0 Å². The van der Waals surface area contributed by atoms with Gasteiger partial charge in [-0.2, -0.15) is 0 Å². The van der Waals surface area contributed by atoms with Gasteiger partial charge in [0, 0.05) is 0 Å². The normalized spacial score (nSPS) is 24.6. The molecule has 0 saturated heterocycles. The molecule has 1 aliphatic carbocycles. The monoisotopic (exact) mass is 216 g/mol. The molecule has 0 aromatic carbocycles. The van der Waals surface area contributed by atoms with Gasteiger partial charge in [-0.15, -0.1) is 0 Å². The summed E-state index contributed by atoms with van der Waals surface area (Å²) in [5.41, 5.74) is 0.311. The van der Waals surface area contributed by atoms with Crippen molar-refractivity contribution in [3.63, 3.8) is 0 Å². The fourth-order valence-corrected chi connectivity index (χ4v) is 1.51. The molecule has 80 valence electrons. The van der Waals surface area contributed by atoms with Crippen molar-refractivity contribution in [3.05, 3.63) is 11.1 Å². The first-order valence-corrected chi connectivity index (χ1v) is 5.39. The van der Waals surface area contributed by atoms with Crippen LogP contribution in [0.5, 0.6) is 0 Å². The van der Waals surface area contributed by atoms with Gasteiger partial charge in [-0.25, -0.2) is 4.79 Å². The third kappa shape index (κ3) is 3.02. The minimum absolute atomic E-state index is 0.231. The summed E-state index contributed by atoms with van der Waals surface area (Å²) in [7, 11) is 0. The van der Waals surface area contributed by atoms with Crippen molar-refractivity contribution >= 4 is 17.6 Å². The quantitative estimate of drug-likeness (QED) is 0.533. The SMILES string of the molecule is CCCOC(=O)/C(Cl)=C/C1CC1(C)C. The van der Waals surface area contributed by atoms with Crippen LogP contribution in [0.1, 0.15) is 33.6 Å². The van der Waals surface area contributed by atoms with Crippen LogP contribution in [0.15, 0.2) is 11.1 Å². The van der Waals surface area contributed by atoms with Gasteiger partial charge in [0.1, 0.15) is 5.03 Å². The summed E-state index contributed by atoms with van der Waals surface area (Å²) in [6.45, 7) is 6.72. The maximum absolute atomic E-state index is 11.3. The van der Waals surface area contributed by atoms with E-state index >= 15 is 0 Å². The van der Waals surface area contributed by atoms with Gasteiger partial charge in [0.25, 0.3) is 0 Å². The maximum Gasteiger partial charge on any atom is 0.349 e. The molecule has 0 bridgehead atoms. The van der Waals surface area contributed by atoms with Crippen LogP contribution < -0.4 is 0 Å². The van der Waals surface area contributed by atoms with Gasteiger partial charge in [-0.1, -0.05) is 38.4 Å². The Bertz CT molecular complexity index is 256. The molecule has 0 aromatic heterocycles. The van der Waals surface area contributed by atoms with E-state index in [9.17, 15) is 4.79 Å². The van der Waals surface area contributed by atoms with Crippen LogP contribution in [0.4, 0.5) is 0 Å². The summed E-state index contributed by atoms with van der Waals surface area (Å²) in [6.07, 6.45) is 3.74. The minimum atomic E-state index is -0.392. The summed E-state index contributed by atoms with van der Waals surface area (Å²) < 4.78 is 4.91. The molecule has 0 aromatic rings. The van der Waals surface area contributed by atoms with Crippen LogP contribution in [0.25, 0.3) is 0 Å². The molecule has 1 aliphatic rings. The van der Waals surface area contributed by atoms with Crippen molar-refractivity contribution in [1.29, 1.82) is 0 Å². The zero-order chi connectivity index (χ0) is 10.8. The van der Waals surface area contributed by atoms with Crippen molar-refractivity contribution in [2.45, 2.75) is 33.6 Å². The average molecular weight is 217 g/mol. The molecule has 0 aliphatic heterocycles. The fraction of sp³-hybridized carbons (Fsp3) is 0.727. The minimum Gasteiger partial charge on any atom is -0.461 e. The van der Waals surface area contributed by atoms with Crippen molar-refractivity contribution in [2.75, 3.05) is 6.61 Å². The van der Waals surface area contributed by atoms with E-state index in [2.05, 4.69) is 13.8 Å². The molecule has 1 unspecified atom stereocenters. The van der Waals surface area contributed by atoms with Gasteiger partial charge in [0.05, 0.1) is 6.61 Å². The van der Waals surface area contributed by atoms with Gasteiger partial charge >= 0.3 is 5.97 Å². The standard InChI is InChI=1S/C11H17ClO2/c1-4-5-14-10(13)9(12)6-8-7-11(8,2)3/h6,8H,4-5,7H2,1-3H3/b9-6-. The first-order chi connectivity index (χ1) is 6.47. The molecular weight excluding hydrogens is 200 g/mol. The van der Waals surface area contributed by atoms with Crippen LogP contribution >= 0.6 is 11.6 Å². The summed E-state index contributed by atoms with van der Waals surface area (Å²) in [6, 6.07) is 0. The lowest BCUT2D eigenvalue weighted by Crippen LogP contribution is -2.05. The predicted octanol–water partition coefficient (Wildman–Crippen LogP) is 3.11. The zero-order valence-corrected chi connectivity index (χ0v) is 9.73. The van der Waals surface area contributed by atoms with Crippen LogP contribution in [0.3, 0.4) is 0 Å². The Labute approximate surface area is 90.3 Å². The van der Waals surface area contributed by atoms with Gasteiger partial charge in [0.2, 0.25) is 0 Å². The van der Waals surface area contributed by atoms with Gasteiger partial charge in [-0.05, 0) is 24.2 Å². The summed E-state index contributed by atoms with van der Waals surface area (Å²) in [5.74, 6) is 0.0420. The Hall–Kier alpha value is -0.500. The Kier molecular flexibility index (Phi) is 3.59. The molecule has 0 spiro atoms. The number of hydrogen-bond donors (Lipinski definition) is 0. The lowest BCUT2D eigenvalue weighted by molar-refractivity contribution is -0.138. The average Bonchev–Trinajstić information content (AvgIpc) is 2.69. The second kappa shape index (κ2) is 4.35. The highest BCUT2D eigenvalue weighted by Crippen LogP contribution is 2.53. The lowest BCUT2D eigenvalue weighted by atomic mass is 10.1. The summed E-state index contributed by atoms with van der Waals surface area (Å²) in [5, 5.41) is 0.231. The molecule has 1 saturated carbocycles. The Morgan fingerprint density at radius 3 is 2.64 bits per heavy atom. The number of hydrogen-bond acceptors (Lipinski definition) is 2. The van der Waals surface area contributed by atoms with Crippen molar-refractivity contribution in [3.8, 4) is 0 Å². The number of carbonyl (C=O) groups excluding carboxylic acids is 1. The van der Waals surface area contributed by atoms with E-state index in [1.54, 1.807) is 0 Å². The van der Waals surface area contributed by atoms with E-state index in [1.807, 2.05) is 13.0 Å². The predicted molar refractivity (Wildman–Crippen MR) is 57.1 cm³/mol. The van der Waals surface area contributed by atoms with Gasteiger partial charge < -0.3 is 4.74 Å². The van der Waals surface area contributed by atoms with E-state index in [-0.39, 0.29) is 5.03 Å². The summed E-state index contributed by atoms with van der Waals surface area (Å²) >= 11 is 5.82. The Morgan fingerprint density at radius 1 is 1.64 bits per heavy atom. The molecule has 1 atom stereocenters. The number of rotatable bonds is 4. The smallest absolute Gasteiger partial charge is 0.349 e. The van der Waals surface area contributed by atoms with Crippen molar-refractivity contribution in [2.24, 2.45) is 11.3 Å². The molecule has 1 fully saturated rings. The van der Waals surface area contributed by atoms with Crippen LogP contribution in [0.2, 0.25) is 0 Å². The molecule has 0 amide bonds. The molecule has 0 N–H and O–H groups in total. The fourth-order valence-electron chi connectivity index (χ4n) is 1.30. The molecule has 14 heavy (non-hydrogen) atoms. The van der Waals surface area contributed by atoms with E-state index < -0.39 is 5.97 Å². The van der Waals surface area contributed by atoms with Gasteiger partial charge in [-0.3, -0.25) is 0 Å². The third-order valence-corrected chi connectivity index (χ3v) is 2.85. The second-order valence-electron chi connectivity index (χ2n) is 4.45. The number of ether oxygens (including phenoxy) is 1. The molecular formula is C11H17ClO2. The highest BCUT2D eigenvalue weighted by Gasteiger charge is 2.44. The third-order valence-electron chi connectivity index (χ3n) is 2.57. The Balaban J connectivity index is 2.41. The number of carbonyl (C=O) groups is 1. The maximum atomic E-state index is 11.3. The Morgan fingerprint density at radius 2 is 2.21 bits per heavy atom. The highest BCUT2D eigenvalue weighted by molar-refractivity contribution is 6.41. The van der Waals surface area contributed by atoms with Crippen LogP contribution in [-0.2, 0) is 9.53 Å². The first kappa shape index (κ1) is 11.6. The van der Waals surface area contributed by atoms with Gasteiger partial charge in [0.15, 0.2) is 0 Å². The van der Waals surface area contributed by atoms with E-state index in [0.29, 0.717) is 17.9 Å². The molecule has 0 radical (unpaired) electrons. The molecule has 1 rings (SSSR count). The highest BCUT2D eigenvalue weighted by atomic mass is 35.5. The van der Waals surface area contributed by atoms with Crippen molar-refractivity contribution < 1.29 is 9.53 Å². The lowest BCUT2D eigenvalue weighted by Gasteiger charge is -2.02. The summed E-state index contributed by atoms with van der Waals surface area (Å²) in [4.78, 5) is 11.3. The molecule has 2 nitrogen and oxygen atoms in total. The molecule has 0 heterocycles. The second-order valence-corrected chi connectivity index (χ2v) is 4.86. The number of halogens is 1. The molecule has 3 heteroatoms. The van der Waals surface area contributed by atoms with E-state index in [4.69, 9.17) is 16.3 Å². The van der Waals surface area contributed by atoms with Crippen molar-refractivity contribution in [1.82, 2.24) is 0 Å². The topological polar surface area (TPSA) is 26.3 Å². The first-order valence-electron chi connectivity index (χ1n) is 5.02. The van der Waals surface area contributed by atoms with Crippen LogP contribution in [-0.4, -0.2) is 12.6 Å². The van der Waals surface area contributed by atoms with E-state index in [0.717, 1.165) is 12.8 Å².